The number of ether oxygens (including phenoxy) is 1. The molecule has 3 aromatic rings. The molecule has 5 nitrogen and oxygen atoms in total. The van der Waals surface area contributed by atoms with Gasteiger partial charge in [-0.05, 0) is 45.0 Å². The van der Waals surface area contributed by atoms with Crippen molar-refractivity contribution in [1.29, 1.82) is 0 Å². The first-order chi connectivity index (χ1) is 11.1. The lowest BCUT2D eigenvalue weighted by molar-refractivity contribution is 0.194. The van der Waals surface area contributed by atoms with Crippen LogP contribution in [0.3, 0.4) is 0 Å². The standard InChI is InChI=1S/C18H19N3O2/c1-12(2)23-16-9-5-4-8-15(16)18-20-13(3)17(21(18)22)14-7-6-10-19-11-14/h4-12,22H,1-3H3. The van der Waals surface area contributed by atoms with Gasteiger partial charge in [0.15, 0.2) is 5.82 Å². The topological polar surface area (TPSA) is 60.2 Å². The van der Waals surface area contributed by atoms with E-state index in [1.807, 2.05) is 57.2 Å². The third-order valence-electron chi connectivity index (χ3n) is 3.45. The maximum Gasteiger partial charge on any atom is 0.180 e. The zero-order valence-electron chi connectivity index (χ0n) is 13.4. The highest BCUT2D eigenvalue weighted by Gasteiger charge is 2.20. The quantitative estimate of drug-likeness (QED) is 0.741. The normalized spacial score (nSPS) is 11.0. The molecule has 0 spiro atoms. The highest BCUT2D eigenvalue weighted by atomic mass is 16.5. The van der Waals surface area contributed by atoms with Crippen LogP contribution in [-0.2, 0) is 0 Å². The molecule has 1 aromatic carbocycles. The van der Waals surface area contributed by atoms with Crippen LogP contribution in [0.15, 0.2) is 48.8 Å². The number of benzene rings is 1. The third-order valence-corrected chi connectivity index (χ3v) is 3.45. The lowest BCUT2D eigenvalue weighted by Gasteiger charge is -2.13. The maximum atomic E-state index is 10.6. The number of hydrogen-bond acceptors (Lipinski definition) is 4. The average Bonchev–Trinajstić information content (AvgIpc) is 2.83. The van der Waals surface area contributed by atoms with E-state index in [9.17, 15) is 5.21 Å². The lowest BCUT2D eigenvalue weighted by atomic mass is 10.2. The van der Waals surface area contributed by atoms with Crippen LogP contribution in [0, 0.1) is 6.92 Å². The molecule has 0 radical (unpaired) electrons. The molecule has 0 aliphatic heterocycles. The van der Waals surface area contributed by atoms with Gasteiger partial charge in [-0.3, -0.25) is 4.98 Å². The Morgan fingerprint density at radius 3 is 2.61 bits per heavy atom. The molecule has 0 saturated heterocycles. The molecular weight excluding hydrogens is 290 g/mol. The minimum absolute atomic E-state index is 0.0390. The lowest BCUT2D eigenvalue weighted by Crippen LogP contribution is -2.07. The minimum Gasteiger partial charge on any atom is -0.490 e. The van der Waals surface area contributed by atoms with E-state index < -0.39 is 0 Å². The van der Waals surface area contributed by atoms with Gasteiger partial charge in [0.05, 0.1) is 17.4 Å². The fraction of sp³-hybridized carbons (Fsp3) is 0.222. The highest BCUT2D eigenvalue weighted by molar-refractivity contribution is 5.71. The van der Waals surface area contributed by atoms with E-state index in [-0.39, 0.29) is 6.10 Å². The molecular formula is C18H19N3O2. The van der Waals surface area contributed by atoms with Gasteiger partial charge in [-0.2, -0.15) is 4.73 Å². The summed E-state index contributed by atoms with van der Waals surface area (Å²) in [5, 5.41) is 10.6. The molecule has 23 heavy (non-hydrogen) atoms. The molecule has 3 rings (SSSR count). The number of hydrogen-bond donors (Lipinski definition) is 1. The van der Waals surface area contributed by atoms with Gasteiger partial charge in [-0.15, -0.1) is 0 Å². The summed E-state index contributed by atoms with van der Waals surface area (Å²) in [6.45, 7) is 5.80. The summed E-state index contributed by atoms with van der Waals surface area (Å²) in [5.41, 5.74) is 2.93. The van der Waals surface area contributed by atoms with Crippen molar-refractivity contribution < 1.29 is 9.94 Å². The Balaban J connectivity index is 2.13. The van der Waals surface area contributed by atoms with E-state index in [0.717, 1.165) is 21.6 Å². The second-order valence-electron chi connectivity index (χ2n) is 5.59. The smallest absolute Gasteiger partial charge is 0.180 e. The highest BCUT2D eigenvalue weighted by Crippen LogP contribution is 2.33. The minimum atomic E-state index is 0.0390. The Labute approximate surface area is 135 Å². The molecule has 0 aliphatic rings. The summed E-state index contributed by atoms with van der Waals surface area (Å²) in [5.74, 6) is 1.15. The fourth-order valence-corrected chi connectivity index (χ4v) is 2.53. The van der Waals surface area contributed by atoms with Crippen molar-refractivity contribution in [2.45, 2.75) is 26.9 Å². The molecule has 0 saturated carbocycles. The maximum absolute atomic E-state index is 10.6. The molecule has 118 valence electrons. The summed E-state index contributed by atoms with van der Waals surface area (Å²) in [4.78, 5) is 8.64. The molecule has 1 N–H and O–H groups in total. The first-order valence-corrected chi connectivity index (χ1v) is 7.53. The van der Waals surface area contributed by atoms with Crippen molar-refractivity contribution >= 4 is 0 Å². The molecule has 0 unspecified atom stereocenters. The molecule has 5 heteroatoms. The second kappa shape index (κ2) is 6.12. The first-order valence-electron chi connectivity index (χ1n) is 7.53. The molecule has 0 amide bonds. The Kier molecular flexibility index (Phi) is 4.02. The van der Waals surface area contributed by atoms with Crippen LogP contribution in [0.1, 0.15) is 19.5 Å². The Morgan fingerprint density at radius 1 is 1.13 bits per heavy atom. The summed E-state index contributed by atoms with van der Waals surface area (Å²) in [7, 11) is 0. The van der Waals surface area contributed by atoms with E-state index in [1.54, 1.807) is 12.4 Å². The molecule has 0 aliphatic carbocycles. The van der Waals surface area contributed by atoms with Crippen molar-refractivity contribution in [2.24, 2.45) is 0 Å². The van der Waals surface area contributed by atoms with E-state index in [4.69, 9.17) is 4.74 Å². The van der Waals surface area contributed by atoms with E-state index in [0.29, 0.717) is 17.3 Å². The largest absolute Gasteiger partial charge is 0.490 e. The summed E-state index contributed by atoms with van der Waals surface area (Å²) < 4.78 is 6.94. The van der Waals surface area contributed by atoms with Crippen LogP contribution in [-0.4, -0.2) is 26.0 Å². The number of aryl methyl sites for hydroxylation is 1. The summed E-state index contributed by atoms with van der Waals surface area (Å²) in [6.07, 6.45) is 3.44. The molecule has 0 fully saturated rings. The van der Waals surface area contributed by atoms with Crippen LogP contribution >= 0.6 is 0 Å². The van der Waals surface area contributed by atoms with Gasteiger partial charge in [0.1, 0.15) is 11.4 Å². The first kappa shape index (κ1) is 15.1. The van der Waals surface area contributed by atoms with Gasteiger partial charge in [-0.25, -0.2) is 4.98 Å². The van der Waals surface area contributed by atoms with Crippen LogP contribution in [0.5, 0.6) is 5.75 Å². The molecule has 0 bridgehead atoms. The van der Waals surface area contributed by atoms with Gasteiger partial charge in [0, 0.05) is 18.0 Å². The number of rotatable bonds is 4. The van der Waals surface area contributed by atoms with Crippen molar-refractivity contribution in [1.82, 2.24) is 14.7 Å². The van der Waals surface area contributed by atoms with E-state index >= 15 is 0 Å². The molecule has 2 aromatic heterocycles. The van der Waals surface area contributed by atoms with Gasteiger partial charge in [0.2, 0.25) is 0 Å². The third kappa shape index (κ3) is 2.90. The van der Waals surface area contributed by atoms with Crippen molar-refractivity contribution in [2.75, 3.05) is 0 Å². The average molecular weight is 309 g/mol. The fourth-order valence-electron chi connectivity index (χ4n) is 2.53. The van der Waals surface area contributed by atoms with Gasteiger partial charge < -0.3 is 9.94 Å². The predicted octanol–water partition coefficient (Wildman–Crippen LogP) is 3.95. The number of aromatic nitrogens is 3. The number of imidazole rings is 1. The number of pyridine rings is 1. The Morgan fingerprint density at radius 2 is 1.91 bits per heavy atom. The Hall–Kier alpha value is -2.82. The van der Waals surface area contributed by atoms with Crippen molar-refractivity contribution in [3.8, 4) is 28.4 Å². The van der Waals surface area contributed by atoms with Crippen LogP contribution < -0.4 is 4.74 Å². The van der Waals surface area contributed by atoms with Gasteiger partial charge >= 0.3 is 0 Å². The van der Waals surface area contributed by atoms with E-state index in [1.165, 1.54) is 0 Å². The Bertz CT molecular complexity index is 810. The monoisotopic (exact) mass is 309 g/mol. The SMILES string of the molecule is Cc1nc(-c2ccccc2OC(C)C)n(O)c1-c1cccnc1. The molecule has 2 heterocycles. The van der Waals surface area contributed by atoms with Gasteiger partial charge in [-0.1, -0.05) is 12.1 Å². The van der Waals surface area contributed by atoms with Crippen LogP contribution in [0.25, 0.3) is 22.6 Å². The van der Waals surface area contributed by atoms with Crippen LogP contribution in [0.2, 0.25) is 0 Å². The summed E-state index contributed by atoms with van der Waals surface area (Å²) >= 11 is 0. The van der Waals surface area contributed by atoms with Gasteiger partial charge in [0.25, 0.3) is 0 Å². The number of nitrogens with zero attached hydrogens (tertiary/aromatic N) is 3. The van der Waals surface area contributed by atoms with E-state index in [2.05, 4.69) is 9.97 Å². The second-order valence-corrected chi connectivity index (χ2v) is 5.59. The van der Waals surface area contributed by atoms with Crippen molar-refractivity contribution in [3.05, 3.63) is 54.5 Å². The van der Waals surface area contributed by atoms with Crippen LogP contribution in [0.4, 0.5) is 0 Å². The van der Waals surface area contributed by atoms with Crippen molar-refractivity contribution in [3.63, 3.8) is 0 Å². The zero-order valence-corrected chi connectivity index (χ0v) is 13.4. The zero-order chi connectivity index (χ0) is 16.4. The summed E-state index contributed by atoms with van der Waals surface area (Å²) in [6, 6.07) is 11.3. The molecule has 0 atom stereocenters. The predicted molar refractivity (Wildman–Crippen MR) is 88.6 cm³/mol. The number of para-hydroxylation sites is 1.